The van der Waals surface area contributed by atoms with Crippen LogP contribution in [0.2, 0.25) is 0 Å². The first kappa shape index (κ1) is 21.9. The van der Waals surface area contributed by atoms with Gasteiger partial charge in [0.1, 0.15) is 23.1 Å². The summed E-state index contributed by atoms with van der Waals surface area (Å²) >= 11 is 0. The summed E-state index contributed by atoms with van der Waals surface area (Å²) in [6.45, 7) is 10.7. The van der Waals surface area contributed by atoms with Crippen LogP contribution >= 0.6 is 0 Å². The molecule has 4 heterocycles. The topological polar surface area (TPSA) is 108 Å². The number of carbonyl (C=O) groups excluding carboxylic acids is 1. The Kier molecular flexibility index (Phi) is 5.94. The smallest absolute Gasteiger partial charge is 0.410 e. The normalized spacial score (nSPS) is 15.2. The van der Waals surface area contributed by atoms with Crippen molar-refractivity contribution < 1.29 is 14.3 Å². The molecule has 10 heteroatoms. The molecule has 1 saturated heterocycles. The van der Waals surface area contributed by atoms with Gasteiger partial charge in [0.25, 0.3) is 0 Å². The molecule has 10 nitrogen and oxygen atoms in total. The number of hydrogen-bond donors (Lipinski definition) is 0. The fourth-order valence-corrected chi connectivity index (χ4v) is 3.74. The van der Waals surface area contributed by atoms with E-state index in [-0.39, 0.29) is 12.1 Å². The molecule has 170 valence electrons. The molecule has 0 aromatic carbocycles. The molecule has 4 rings (SSSR count). The molecule has 0 saturated carbocycles. The molecule has 0 atom stereocenters. The van der Waals surface area contributed by atoms with E-state index in [4.69, 9.17) is 9.47 Å². The predicted molar refractivity (Wildman–Crippen MR) is 118 cm³/mol. The van der Waals surface area contributed by atoms with E-state index in [1.54, 1.807) is 11.1 Å². The highest BCUT2D eigenvalue weighted by Crippen LogP contribution is 2.30. The Hall–Kier alpha value is -3.30. The van der Waals surface area contributed by atoms with E-state index in [1.165, 1.54) is 6.33 Å². The summed E-state index contributed by atoms with van der Waals surface area (Å²) in [5.41, 5.74) is 1.11. The Bertz CT molecular complexity index is 1110. The first-order chi connectivity index (χ1) is 15.2. The van der Waals surface area contributed by atoms with Crippen molar-refractivity contribution >= 4 is 17.1 Å². The van der Waals surface area contributed by atoms with Crippen LogP contribution in [-0.2, 0) is 11.2 Å². The van der Waals surface area contributed by atoms with Gasteiger partial charge in [-0.1, -0.05) is 6.92 Å². The van der Waals surface area contributed by atoms with Crippen LogP contribution < -0.4 is 4.74 Å². The minimum absolute atomic E-state index is 0.127. The molecule has 32 heavy (non-hydrogen) atoms. The zero-order chi connectivity index (χ0) is 22.9. The first-order valence-electron chi connectivity index (χ1n) is 10.9. The second-order valence-electron chi connectivity index (χ2n) is 8.90. The SMILES string of the molecule is CCc1cc(Oc2ncnc3c2cnn3C2CCN(C(=O)OC(C)(C)C)CC2)nc(C)n1. The molecule has 3 aromatic rings. The largest absolute Gasteiger partial charge is 0.444 e. The highest BCUT2D eigenvalue weighted by molar-refractivity contribution is 5.80. The maximum Gasteiger partial charge on any atom is 0.410 e. The molecule has 1 aliphatic rings. The van der Waals surface area contributed by atoms with Crippen molar-refractivity contribution in [3.63, 3.8) is 0 Å². The van der Waals surface area contributed by atoms with Crippen LogP contribution in [0.25, 0.3) is 11.0 Å². The molecule has 0 spiro atoms. The number of aromatic nitrogens is 6. The third-order valence-electron chi connectivity index (χ3n) is 5.25. The maximum absolute atomic E-state index is 12.3. The standard InChI is InChI=1S/C22H29N7O3/c1-6-15-11-18(27-14(2)26-15)31-20-17-12-25-29(19(17)23-13-24-20)16-7-9-28(10-8-16)21(30)32-22(3,4)5/h11-13,16H,6-10H2,1-5H3. The van der Waals surface area contributed by atoms with Gasteiger partial charge >= 0.3 is 6.09 Å². The van der Waals surface area contributed by atoms with Crippen molar-refractivity contribution in [2.45, 2.75) is 65.5 Å². The average Bonchev–Trinajstić information content (AvgIpc) is 3.17. The summed E-state index contributed by atoms with van der Waals surface area (Å²) in [5, 5.41) is 5.29. The van der Waals surface area contributed by atoms with Crippen molar-refractivity contribution in [3.8, 4) is 11.8 Å². The zero-order valence-electron chi connectivity index (χ0n) is 19.2. The van der Waals surface area contributed by atoms with Crippen LogP contribution in [-0.4, -0.2) is 59.4 Å². The van der Waals surface area contributed by atoms with Gasteiger partial charge in [-0.05, 0) is 47.0 Å². The zero-order valence-corrected chi connectivity index (χ0v) is 19.2. The van der Waals surface area contributed by atoms with Crippen molar-refractivity contribution in [1.29, 1.82) is 0 Å². The van der Waals surface area contributed by atoms with Crippen LogP contribution in [0.4, 0.5) is 4.79 Å². The van der Waals surface area contributed by atoms with Gasteiger partial charge in [-0.3, -0.25) is 0 Å². The number of ether oxygens (including phenoxy) is 2. The number of aryl methyl sites for hydroxylation is 2. The minimum atomic E-state index is -0.500. The lowest BCUT2D eigenvalue weighted by Gasteiger charge is -2.33. The predicted octanol–water partition coefficient (Wildman–Crippen LogP) is 3.85. The Morgan fingerprint density at radius 2 is 1.94 bits per heavy atom. The molecular formula is C22H29N7O3. The van der Waals surface area contributed by atoms with Crippen molar-refractivity contribution in [1.82, 2.24) is 34.6 Å². The molecular weight excluding hydrogens is 410 g/mol. The van der Waals surface area contributed by atoms with E-state index >= 15 is 0 Å². The quantitative estimate of drug-likeness (QED) is 0.603. The third kappa shape index (κ3) is 4.79. The van der Waals surface area contributed by atoms with Gasteiger partial charge in [0.15, 0.2) is 5.65 Å². The molecule has 1 aliphatic heterocycles. The van der Waals surface area contributed by atoms with E-state index in [0.29, 0.717) is 36.3 Å². The maximum atomic E-state index is 12.3. The first-order valence-corrected chi connectivity index (χ1v) is 10.9. The second-order valence-corrected chi connectivity index (χ2v) is 8.90. The Morgan fingerprint density at radius 1 is 1.19 bits per heavy atom. The van der Waals surface area contributed by atoms with Crippen molar-refractivity contribution in [3.05, 3.63) is 30.1 Å². The molecule has 0 radical (unpaired) electrons. The van der Waals surface area contributed by atoms with Crippen molar-refractivity contribution in [2.75, 3.05) is 13.1 Å². The number of hydrogen-bond acceptors (Lipinski definition) is 8. The third-order valence-corrected chi connectivity index (χ3v) is 5.25. The summed E-state index contributed by atoms with van der Waals surface area (Å²) in [5.74, 6) is 1.51. The lowest BCUT2D eigenvalue weighted by atomic mass is 10.1. The van der Waals surface area contributed by atoms with E-state index in [2.05, 4.69) is 25.0 Å². The second kappa shape index (κ2) is 8.68. The van der Waals surface area contributed by atoms with Crippen LogP contribution in [0.5, 0.6) is 11.8 Å². The van der Waals surface area contributed by atoms with E-state index in [9.17, 15) is 4.79 Å². The fourth-order valence-electron chi connectivity index (χ4n) is 3.74. The molecule has 0 N–H and O–H groups in total. The van der Waals surface area contributed by atoms with Gasteiger partial charge in [-0.2, -0.15) is 10.1 Å². The summed E-state index contributed by atoms with van der Waals surface area (Å²) in [6, 6.07) is 1.94. The molecule has 3 aromatic heterocycles. The van der Waals surface area contributed by atoms with Crippen LogP contribution in [0.3, 0.4) is 0 Å². The number of carbonyl (C=O) groups is 1. The number of amides is 1. The van der Waals surface area contributed by atoms with E-state index in [0.717, 1.165) is 30.3 Å². The number of likely N-dealkylation sites (tertiary alicyclic amines) is 1. The Morgan fingerprint density at radius 3 is 2.62 bits per heavy atom. The molecule has 1 fully saturated rings. The van der Waals surface area contributed by atoms with Gasteiger partial charge < -0.3 is 14.4 Å². The van der Waals surface area contributed by atoms with Crippen LogP contribution in [0.1, 0.15) is 58.1 Å². The minimum Gasteiger partial charge on any atom is -0.444 e. The van der Waals surface area contributed by atoms with E-state index in [1.807, 2.05) is 45.4 Å². The average molecular weight is 440 g/mol. The highest BCUT2D eigenvalue weighted by atomic mass is 16.6. The lowest BCUT2D eigenvalue weighted by molar-refractivity contribution is 0.0186. The molecule has 0 unspecified atom stereocenters. The lowest BCUT2D eigenvalue weighted by Crippen LogP contribution is -2.42. The number of nitrogens with zero attached hydrogens (tertiary/aromatic N) is 7. The summed E-state index contributed by atoms with van der Waals surface area (Å²) in [7, 11) is 0. The number of rotatable bonds is 4. The van der Waals surface area contributed by atoms with Crippen LogP contribution in [0, 0.1) is 6.92 Å². The Labute approximate surface area is 187 Å². The summed E-state index contributed by atoms with van der Waals surface area (Å²) in [4.78, 5) is 31.6. The fraction of sp³-hybridized carbons (Fsp3) is 0.545. The monoisotopic (exact) mass is 439 g/mol. The molecule has 0 bridgehead atoms. The highest BCUT2D eigenvalue weighted by Gasteiger charge is 2.29. The van der Waals surface area contributed by atoms with E-state index < -0.39 is 5.60 Å². The van der Waals surface area contributed by atoms with Gasteiger partial charge in [-0.25, -0.2) is 24.4 Å². The molecule has 1 amide bonds. The number of fused-ring (bicyclic) bond motifs is 1. The number of piperidine rings is 1. The van der Waals surface area contributed by atoms with Gasteiger partial charge in [0, 0.05) is 24.8 Å². The van der Waals surface area contributed by atoms with Gasteiger partial charge in [-0.15, -0.1) is 0 Å². The van der Waals surface area contributed by atoms with Gasteiger partial charge in [0.05, 0.1) is 12.2 Å². The summed E-state index contributed by atoms with van der Waals surface area (Å²) in [6.07, 6.45) is 5.24. The van der Waals surface area contributed by atoms with Crippen LogP contribution in [0.15, 0.2) is 18.6 Å². The summed E-state index contributed by atoms with van der Waals surface area (Å²) < 4.78 is 13.4. The van der Waals surface area contributed by atoms with Gasteiger partial charge in [0.2, 0.25) is 11.8 Å². The Balaban J connectivity index is 1.50. The van der Waals surface area contributed by atoms with Crippen molar-refractivity contribution in [2.24, 2.45) is 0 Å². The molecule has 0 aliphatic carbocycles.